The maximum absolute atomic E-state index is 10.5. The highest BCUT2D eigenvalue weighted by Crippen LogP contribution is 2.29. The van der Waals surface area contributed by atoms with Crippen LogP contribution in [0.15, 0.2) is 24.3 Å². The molecule has 0 saturated carbocycles. The first-order chi connectivity index (χ1) is 11.2. The number of aliphatic carboxylic acids is 1. The lowest BCUT2D eigenvalue weighted by Crippen LogP contribution is -2.38. The first kappa shape index (κ1) is 16.1. The molecule has 2 aliphatic heterocycles. The van der Waals surface area contributed by atoms with Crippen molar-refractivity contribution in [1.82, 2.24) is 0 Å². The molecule has 6 heteroatoms. The van der Waals surface area contributed by atoms with Crippen molar-refractivity contribution < 1.29 is 19.4 Å². The van der Waals surface area contributed by atoms with Gasteiger partial charge in [0.05, 0.1) is 19.6 Å². The number of ether oxygens (including phenoxy) is 2. The number of carboxylic acids is 1. The van der Waals surface area contributed by atoms with Crippen LogP contribution in [0.1, 0.15) is 19.3 Å². The summed E-state index contributed by atoms with van der Waals surface area (Å²) in [5.74, 6) is -0.280. The van der Waals surface area contributed by atoms with E-state index in [1.54, 1.807) is 0 Å². The fraction of sp³-hybridized carbons (Fsp3) is 0.588. The van der Waals surface area contributed by atoms with Gasteiger partial charge in [-0.15, -0.1) is 0 Å². The second kappa shape index (κ2) is 7.66. The largest absolute Gasteiger partial charge is 0.481 e. The maximum Gasteiger partial charge on any atom is 0.305 e. The molecular weight excluding hydrogens is 296 g/mol. The molecule has 0 amide bonds. The number of piperidine rings is 1. The third-order valence-electron chi connectivity index (χ3n) is 4.47. The number of carbonyl (C=O) groups is 1. The van der Waals surface area contributed by atoms with Gasteiger partial charge in [-0.25, -0.2) is 0 Å². The smallest absolute Gasteiger partial charge is 0.305 e. The van der Waals surface area contributed by atoms with Crippen LogP contribution < -0.4 is 10.2 Å². The Morgan fingerprint density at radius 2 is 1.83 bits per heavy atom. The summed E-state index contributed by atoms with van der Waals surface area (Å²) in [4.78, 5) is 12.9. The predicted molar refractivity (Wildman–Crippen MR) is 87.8 cm³/mol. The van der Waals surface area contributed by atoms with Gasteiger partial charge in [0, 0.05) is 36.9 Å². The van der Waals surface area contributed by atoms with Crippen molar-refractivity contribution >= 4 is 17.3 Å². The molecular formula is C17H24N2O4. The minimum atomic E-state index is -0.785. The van der Waals surface area contributed by atoms with Crippen molar-refractivity contribution in [1.29, 1.82) is 0 Å². The molecule has 0 bridgehead atoms. The zero-order valence-corrected chi connectivity index (χ0v) is 13.2. The van der Waals surface area contributed by atoms with Crippen LogP contribution in [0, 0.1) is 5.92 Å². The number of rotatable bonds is 6. The van der Waals surface area contributed by atoms with E-state index in [1.165, 1.54) is 5.69 Å². The van der Waals surface area contributed by atoms with E-state index >= 15 is 0 Å². The van der Waals surface area contributed by atoms with E-state index < -0.39 is 5.97 Å². The summed E-state index contributed by atoms with van der Waals surface area (Å²) in [5.41, 5.74) is 2.16. The number of hydrogen-bond acceptors (Lipinski definition) is 5. The molecule has 2 N–H and O–H groups in total. The molecule has 3 rings (SSSR count). The van der Waals surface area contributed by atoms with Crippen LogP contribution in [0.25, 0.3) is 0 Å². The summed E-state index contributed by atoms with van der Waals surface area (Å²) >= 11 is 0. The van der Waals surface area contributed by atoms with Crippen molar-refractivity contribution in [2.75, 3.05) is 43.1 Å². The molecule has 0 aliphatic carbocycles. The molecule has 1 aromatic carbocycles. The van der Waals surface area contributed by atoms with Crippen molar-refractivity contribution in [3.63, 3.8) is 0 Å². The Morgan fingerprint density at radius 3 is 2.43 bits per heavy atom. The molecule has 2 heterocycles. The van der Waals surface area contributed by atoms with Gasteiger partial charge in [-0.2, -0.15) is 0 Å². The van der Waals surface area contributed by atoms with Crippen LogP contribution >= 0.6 is 0 Å². The topological polar surface area (TPSA) is 71.0 Å². The molecule has 2 fully saturated rings. The molecule has 1 aromatic rings. The van der Waals surface area contributed by atoms with Crippen LogP contribution in [-0.4, -0.2) is 50.2 Å². The lowest BCUT2D eigenvalue weighted by atomic mass is 9.96. The minimum Gasteiger partial charge on any atom is -0.481 e. The van der Waals surface area contributed by atoms with E-state index in [0.717, 1.165) is 44.8 Å². The van der Waals surface area contributed by atoms with Gasteiger partial charge in [0.25, 0.3) is 0 Å². The average Bonchev–Trinajstić information content (AvgIpc) is 3.10. The fourth-order valence-electron chi connectivity index (χ4n) is 3.18. The summed E-state index contributed by atoms with van der Waals surface area (Å²) in [7, 11) is 0. The van der Waals surface area contributed by atoms with E-state index in [9.17, 15) is 4.79 Å². The summed E-state index contributed by atoms with van der Waals surface area (Å²) in [5, 5.41) is 11.8. The predicted octanol–water partition coefficient (Wildman–Crippen LogP) is 2.16. The lowest BCUT2D eigenvalue weighted by molar-refractivity contribution is -0.136. The van der Waals surface area contributed by atoms with Crippen LogP contribution in [-0.2, 0) is 14.3 Å². The molecule has 0 atom stereocenters. The van der Waals surface area contributed by atoms with Crippen molar-refractivity contribution in [2.45, 2.75) is 25.6 Å². The Kier molecular flexibility index (Phi) is 5.35. The number of carboxylic acid groups (broad SMARTS) is 1. The van der Waals surface area contributed by atoms with Gasteiger partial charge in [0.1, 0.15) is 0 Å². The van der Waals surface area contributed by atoms with Gasteiger partial charge in [-0.1, -0.05) is 0 Å². The molecule has 0 radical (unpaired) electrons. The van der Waals surface area contributed by atoms with Gasteiger partial charge < -0.3 is 24.8 Å². The molecule has 0 spiro atoms. The number of hydrogen-bond donors (Lipinski definition) is 2. The highest BCUT2D eigenvalue weighted by atomic mass is 16.7. The summed E-state index contributed by atoms with van der Waals surface area (Å²) < 4.78 is 11.2. The second-order valence-corrected chi connectivity index (χ2v) is 6.05. The first-order valence-corrected chi connectivity index (χ1v) is 8.26. The number of nitrogens with zero attached hydrogens (tertiary/aromatic N) is 1. The SMILES string of the molecule is O=C(O)CCNc1ccc(N2CCC(C3OCCO3)CC2)cc1. The zero-order chi connectivity index (χ0) is 16.1. The van der Waals surface area contributed by atoms with Crippen LogP contribution in [0.5, 0.6) is 0 Å². The summed E-state index contributed by atoms with van der Waals surface area (Å²) in [6.45, 7) is 3.92. The van der Waals surface area contributed by atoms with Crippen LogP contribution in [0.4, 0.5) is 11.4 Å². The molecule has 2 saturated heterocycles. The van der Waals surface area contributed by atoms with E-state index in [0.29, 0.717) is 12.5 Å². The number of benzene rings is 1. The van der Waals surface area contributed by atoms with E-state index in [2.05, 4.69) is 22.3 Å². The Hall–Kier alpha value is -1.79. The van der Waals surface area contributed by atoms with Gasteiger partial charge in [0.2, 0.25) is 0 Å². The fourth-order valence-corrected chi connectivity index (χ4v) is 3.18. The Bertz CT molecular complexity index is 506. The first-order valence-electron chi connectivity index (χ1n) is 8.26. The van der Waals surface area contributed by atoms with E-state index in [-0.39, 0.29) is 12.7 Å². The number of anilines is 2. The highest BCUT2D eigenvalue weighted by Gasteiger charge is 2.30. The Labute approximate surface area is 136 Å². The highest BCUT2D eigenvalue weighted by molar-refractivity contribution is 5.67. The Morgan fingerprint density at radius 1 is 1.17 bits per heavy atom. The lowest BCUT2D eigenvalue weighted by Gasteiger charge is -2.35. The monoisotopic (exact) mass is 320 g/mol. The van der Waals surface area contributed by atoms with Crippen molar-refractivity contribution in [3.05, 3.63) is 24.3 Å². The van der Waals surface area contributed by atoms with Crippen molar-refractivity contribution in [3.8, 4) is 0 Å². The molecule has 126 valence electrons. The molecule has 0 aromatic heterocycles. The maximum atomic E-state index is 10.5. The van der Waals surface area contributed by atoms with E-state index in [4.69, 9.17) is 14.6 Å². The Balaban J connectivity index is 1.47. The number of nitrogens with one attached hydrogen (secondary N) is 1. The minimum absolute atomic E-state index is 0.00189. The quantitative estimate of drug-likeness (QED) is 0.837. The summed E-state index contributed by atoms with van der Waals surface area (Å²) in [6.07, 6.45) is 2.30. The van der Waals surface area contributed by atoms with Crippen molar-refractivity contribution in [2.24, 2.45) is 5.92 Å². The average molecular weight is 320 g/mol. The van der Waals surface area contributed by atoms with Gasteiger partial charge >= 0.3 is 5.97 Å². The zero-order valence-electron chi connectivity index (χ0n) is 13.2. The molecule has 6 nitrogen and oxygen atoms in total. The molecule has 23 heavy (non-hydrogen) atoms. The van der Waals surface area contributed by atoms with E-state index in [1.807, 2.05) is 12.1 Å². The van der Waals surface area contributed by atoms with Gasteiger partial charge in [0.15, 0.2) is 6.29 Å². The van der Waals surface area contributed by atoms with Gasteiger partial charge in [-0.3, -0.25) is 4.79 Å². The third kappa shape index (κ3) is 4.36. The standard InChI is InChI=1S/C17H24N2O4/c20-16(21)5-8-18-14-1-3-15(4-2-14)19-9-6-13(7-10-19)17-22-11-12-23-17/h1-4,13,17-18H,5-12H2,(H,20,21). The molecule has 0 unspecified atom stereocenters. The van der Waals surface area contributed by atoms with Gasteiger partial charge in [-0.05, 0) is 37.1 Å². The second-order valence-electron chi connectivity index (χ2n) is 6.05. The molecule has 2 aliphatic rings. The normalized spacial score (nSPS) is 19.9. The van der Waals surface area contributed by atoms with Crippen LogP contribution in [0.3, 0.4) is 0 Å². The summed E-state index contributed by atoms with van der Waals surface area (Å²) in [6, 6.07) is 8.19. The van der Waals surface area contributed by atoms with Crippen LogP contribution in [0.2, 0.25) is 0 Å². The third-order valence-corrected chi connectivity index (χ3v) is 4.47.